The van der Waals surface area contributed by atoms with Crippen molar-refractivity contribution in [3.8, 4) is 0 Å². The monoisotopic (exact) mass is 216 g/mol. The summed E-state index contributed by atoms with van der Waals surface area (Å²) in [6, 6.07) is 8.42. The molecule has 1 aromatic carbocycles. The van der Waals surface area contributed by atoms with Crippen LogP contribution in [0.15, 0.2) is 24.3 Å². The third-order valence-electron chi connectivity index (χ3n) is 3.55. The van der Waals surface area contributed by atoms with Gasteiger partial charge in [-0.3, -0.25) is 4.79 Å². The summed E-state index contributed by atoms with van der Waals surface area (Å²) in [4.78, 5) is 12.1. The number of hydrogen-bond acceptors (Lipinski definition) is 1. The first-order valence-electron chi connectivity index (χ1n) is 6.43. The van der Waals surface area contributed by atoms with E-state index in [4.69, 9.17) is 0 Å². The lowest BCUT2D eigenvalue weighted by Crippen LogP contribution is -2.09. The van der Waals surface area contributed by atoms with Crippen LogP contribution in [0.2, 0.25) is 0 Å². The summed E-state index contributed by atoms with van der Waals surface area (Å²) < 4.78 is 0. The van der Waals surface area contributed by atoms with E-state index in [1.54, 1.807) is 0 Å². The Kier molecular flexibility index (Phi) is 3.76. The largest absolute Gasteiger partial charge is 0.299 e. The van der Waals surface area contributed by atoms with Gasteiger partial charge in [0.2, 0.25) is 0 Å². The summed E-state index contributed by atoms with van der Waals surface area (Å²) >= 11 is 0. The maximum atomic E-state index is 12.1. The number of aryl methyl sites for hydroxylation is 1. The maximum absolute atomic E-state index is 12.1. The summed E-state index contributed by atoms with van der Waals surface area (Å²) in [5.74, 6) is 0.659. The van der Waals surface area contributed by atoms with Crippen molar-refractivity contribution in [2.75, 3.05) is 0 Å². The van der Waals surface area contributed by atoms with E-state index in [1.165, 1.54) is 24.0 Å². The third-order valence-corrected chi connectivity index (χ3v) is 3.55. The van der Waals surface area contributed by atoms with E-state index in [9.17, 15) is 4.79 Å². The molecule has 0 heterocycles. The lowest BCUT2D eigenvalue weighted by atomic mass is 9.93. The van der Waals surface area contributed by atoms with Gasteiger partial charge in [-0.25, -0.2) is 0 Å². The zero-order chi connectivity index (χ0) is 11.4. The number of unbranched alkanes of at least 4 members (excludes halogenated alkanes) is 2. The zero-order valence-electron chi connectivity index (χ0n) is 10.0. The molecule has 1 unspecified atom stereocenters. The standard InChI is InChI=1S/C15H20O/c1-2-3-4-9-15(16)14-11-10-12-7-5-6-8-13(12)14/h5-8,14H,2-4,9-11H2,1H3. The van der Waals surface area contributed by atoms with Crippen molar-refractivity contribution >= 4 is 5.78 Å². The normalized spacial score (nSPS) is 18.4. The van der Waals surface area contributed by atoms with Gasteiger partial charge in [-0.05, 0) is 30.4 Å². The minimum Gasteiger partial charge on any atom is -0.299 e. The Hall–Kier alpha value is -1.11. The molecule has 0 radical (unpaired) electrons. The minimum atomic E-state index is 0.202. The predicted molar refractivity (Wildman–Crippen MR) is 66.7 cm³/mol. The fourth-order valence-electron chi connectivity index (χ4n) is 2.62. The number of Topliss-reactive ketones (excluding diaryl/α,β-unsaturated/α-hetero) is 1. The Morgan fingerprint density at radius 2 is 2.12 bits per heavy atom. The molecule has 2 rings (SSSR count). The molecule has 1 aromatic rings. The highest BCUT2D eigenvalue weighted by molar-refractivity contribution is 5.86. The average Bonchev–Trinajstić information content (AvgIpc) is 2.73. The van der Waals surface area contributed by atoms with Crippen LogP contribution in [-0.2, 0) is 11.2 Å². The smallest absolute Gasteiger partial charge is 0.140 e. The quantitative estimate of drug-likeness (QED) is 0.683. The van der Waals surface area contributed by atoms with E-state index < -0.39 is 0 Å². The van der Waals surface area contributed by atoms with Gasteiger partial charge < -0.3 is 0 Å². The van der Waals surface area contributed by atoms with E-state index >= 15 is 0 Å². The first kappa shape index (κ1) is 11.4. The molecular weight excluding hydrogens is 196 g/mol. The van der Waals surface area contributed by atoms with E-state index in [0.29, 0.717) is 5.78 Å². The first-order valence-corrected chi connectivity index (χ1v) is 6.43. The maximum Gasteiger partial charge on any atom is 0.140 e. The van der Waals surface area contributed by atoms with E-state index in [1.807, 2.05) is 0 Å². The van der Waals surface area contributed by atoms with Crippen LogP contribution >= 0.6 is 0 Å². The van der Waals surface area contributed by atoms with Crippen molar-refractivity contribution in [2.24, 2.45) is 0 Å². The van der Waals surface area contributed by atoms with Crippen LogP contribution in [0.4, 0.5) is 0 Å². The summed E-state index contributed by atoms with van der Waals surface area (Å²) in [5, 5.41) is 0. The highest BCUT2D eigenvalue weighted by Crippen LogP contribution is 2.34. The Morgan fingerprint density at radius 1 is 1.31 bits per heavy atom. The van der Waals surface area contributed by atoms with Gasteiger partial charge in [-0.1, -0.05) is 44.0 Å². The molecule has 0 N–H and O–H groups in total. The molecule has 0 amide bonds. The average molecular weight is 216 g/mol. The number of fused-ring (bicyclic) bond motifs is 1. The van der Waals surface area contributed by atoms with Crippen LogP contribution in [0.5, 0.6) is 0 Å². The van der Waals surface area contributed by atoms with Gasteiger partial charge in [0.25, 0.3) is 0 Å². The Labute approximate surface area is 97.9 Å². The lowest BCUT2D eigenvalue weighted by molar-refractivity contribution is -0.120. The topological polar surface area (TPSA) is 17.1 Å². The summed E-state index contributed by atoms with van der Waals surface area (Å²) in [6.45, 7) is 2.18. The summed E-state index contributed by atoms with van der Waals surface area (Å²) in [6.07, 6.45) is 6.32. The molecule has 0 aliphatic heterocycles. The highest BCUT2D eigenvalue weighted by Gasteiger charge is 2.27. The van der Waals surface area contributed by atoms with Crippen LogP contribution in [0, 0.1) is 0 Å². The van der Waals surface area contributed by atoms with Crippen molar-refractivity contribution in [2.45, 2.75) is 51.4 Å². The molecular formula is C15H20O. The lowest BCUT2D eigenvalue weighted by Gasteiger charge is -2.09. The molecule has 1 aliphatic rings. The van der Waals surface area contributed by atoms with Crippen molar-refractivity contribution in [1.82, 2.24) is 0 Å². The third kappa shape index (κ3) is 2.34. The number of rotatable bonds is 5. The van der Waals surface area contributed by atoms with Gasteiger partial charge in [0.15, 0.2) is 0 Å². The molecule has 0 saturated carbocycles. The van der Waals surface area contributed by atoms with Gasteiger partial charge in [0.05, 0.1) is 0 Å². The Morgan fingerprint density at radius 3 is 2.94 bits per heavy atom. The molecule has 16 heavy (non-hydrogen) atoms. The number of carbonyl (C=O) groups excluding carboxylic acids is 1. The number of carbonyl (C=O) groups is 1. The second-order valence-corrected chi connectivity index (χ2v) is 4.71. The zero-order valence-corrected chi connectivity index (χ0v) is 10.0. The first-order chi connectivity index (χ1) is 7.83. The van der Waals surface area contributed by atoms with Gasteiger partial charge in [0, 0.05) is 12.3 Å². The van der Waals surface area contributed by atoms with Crippen LogP contribution < -0.4 is 0 Å². The van der Waals surface area contributed by atoms with E-state index in [2.05, 4.69) is 31.2 Å². The summed E-state index contributed by atoms with van der Waals surface area (Å²) in [5.41, 5.74) is 2.68. The van der Waals surface area contributed by atoms with E-state index in [0.717, 1.165) is 25.7 Å². The second kappa shape index (κ2) is 5.29. The molecule has 86 valence electrons. The SMILES string of the molecule is CCCCCC(=O)C1CCc2ccccc21. The van der Waals surface area contributed by atoms with Gasteiger partial charge >= 0.3 is 0 Å². The fraction of sp³-hybridized carbons (Fsp3) is 0.533. The Bertz CT molecular complexity index is 367. The molecule has 1 atom stereocenters. The number of ketones is 1. The van der Waals surface area contributed by atoms with E-state index in [-0.39, 0.29) is 5.92 Å². The van der Waals surface area contributed by atoms with Crippen LogP contribution in [-0.4, -0.2) is 5.78 Å². The van der Waals surface area contributed by atoms with Crippen molar-refractivity contribution < 1.29 is 4.79 Å². The van der Waals surface area contributed by atoms with Crippen LogP contribution in [0.1, 0.15) is 56.1 Å². The highest BCUT2D eigenvalue weighted by atomic mass is 16.1. The molecule has 0 saturated heterocycles. The molecule has 0 spiro atoms. The Balaban J connectivity index is 1.99. The molecule has 0 bridgehead atoms. The van der Waals surface area contributed by atoms with Crippen molar-refractivity contribution in [1.29, 1.82) is 0 Å². The molecule has 1 nitrogen and oxygen atoms in total. The minimum absolute atomic E-state index is 0.202. The van der Waals surface area contributed by atoms with Gasteiger partial charge in [0.1, 0.15) is 5.78 Å². The molecule has 1 aliphatic carbocycles. The van der Waals surface area contributed by atoms with Gasteiger partial charge in [-0.15, -0.1) is 0 Å². The van der Waals surface area contributed by atoms with Crippen molar-refractivity contribution in [3.05, 3.63) is 35.4 Å². The predicted octanol–water partition coefficient (Wildman–Crippen LogP) is 3.87. The van der Waals surface area contributed by atoms with Crippen molar-refractivity contribution in [3.63, 3.8) is 0 Å². The number of hydrogen-bond donors (Lipinski definition) is 0. The van der Waals surface area contributed by atoms with Crippen LogP contribution in [0.3, 0.4) is 0 Å². The summed E-state index contributed by atoms with van der Waals surface area (Å²) in [7, 11) is 0. The molecule has 0 aromatic heterocycles. The second-order valence-electron chi connectivity index (χ2n) is 4.71. The fourth-order valence-corrected chi connectivity index (χ4v) is 2.62. The van der Waals surface area contributed by atoms with Gasteiger partial charge in [-0.2, -0.15) is 0 Å². The number of benzene rings is 1. The molecule has 1 heteroatoms. The molecule has 0 fully saturated rings. The van der Waals surface area contributed by atoms with Crippen LogP contribution in [0.25, 0.3) is 0 Å².